The molecule has 3 nitrogen and oxygen atoms in total. The van der Waals surface area contributed by atoms with Crippen LogP contribution in [0.3, 0.4) is 0 Å². The van der Waals surface area contributed by atoms with Crippen LogP contribution in [-0.4, -0.2) is 15.6 Å². The number of aromatic nitrogens is 2. The van der Waals surface area contributed by atoms with Gasteiger partial charge in [0.1, 0.15) is 5.69 Å². The van der Waals surface area contributed by atoms with E-state index >= 15 is 0 Å². The second kappa shape index (κ2) is 5.28. The predicted molar refractivity (Wildman–Crippen MR) is 63.4 cm³/mol. The van der Waals surface area contributed by atoms with Gasteiger partial charge in [0.15, 0.2) is 5.78 Å². The molecular weight excluding hydrogens is 200 g/mol. The van der Waals surface area contributed by atoms with Crippen molar-refractivity contribution in [2.24, 2.45) is 5.92 Å². The lowest BCUT2D eigenvalue weighted by Crippen LogP contribution is -2.13. The van der Waals surface area contributed by atoms with Crippen LogP contribution >= 0.6 is 0 Å². The van der Waals surface area contributed by atoms with Crippen LogP contribution in [0.5, 0.6) is 0 Å². The first-order valence-corrected chi connectivity index (χ1v) is 6.36. The molecule has 2 rings (SSSR count). The van der Waals surface area contributed by atoms with Crippen LogP contribution in [-0.2, 0) is 6.54 Å². The van der Waals surface area contributed by atoms with Crippen molar-refractivity contribution in [3.05, 3.63) is 18.0 Å². The lowest BCUT2D eigenvalue weighted by molar-refractivity contribution is 0.0951. The molecule has 1 aliphatic carbocycles. The zero-order chi connectivity index (χ0) is 11.4. The number of rotatable bonds is 5. The molecule has 0 spiro atoms. The molecule has 0 saturated heterocycles. The highest BCUT2D eigenvalue weighted by atomic mass is 16.1. The molecule has 88 valence electrons. The fraction of sp³-hybridized carbons (Fsp3) is 0.692. The molecule has 0 bridgehead atoms. The van der Waals surface area contributed by atoms with Crippen LogP contribution < -0.4 is 0 Å². The van der Waals surface area contributed by atoms with Crippen LogP contribution in [0.4, 0.5) is 0 Å². The van der Waals surface area contributed by atoms with Gasteiger partial charge in [0, 0.05) is 19.2 Å². The molecule has 3 heteroatoms. The minimum Gasteiger partial charge on any atom is -0.292 e. The monoisotopic (exact) mass is 220 g/mol. The van der Waals surface area contributed by atoms with Crippen LogP contribution in [0.15, 0.2) is 12.3 Å². The van der Waals surface area contributed by atoms with Gasteiger partial charge in [-0.3, -0.25) is 9.48 Å². The van der Waals surface area contributed by atoms with Gasteiger partial charge in [0.2, 0.25) is 0 Å². The summed E-state index contributed by atoms with van der Waals surface area (Å²) in [5.41, 5.74) is 0.800. The fourth-order valence-corrected chi connectivity index (χ4v) is 2.54. The Bertz CT molecular complexity index is 351. The number of Topliss-reactive ketones (excluding diaryl/α,β-unsaturated/α-hetero) is 1. The van der Waals surface area contributed by atoms with Gasteiger partial charge in [-0.1, -0.05) is 32.6 Å². The van der Waals surface area contributed by atoms with Gasteiger partial charge < -0.3 is 0 Å². The summed E-state index contributed by atoms with van der Waals surface area (Å²) in [6, 6.07) is 1.85. The quantitative estimate of drug-likeness (QED) is 0.715. The molecule has 0 aliphatic heterocycles. The molecular formula is C13H20N2O. The van der Waals surface area contributed by atoms with Crippen LogP contribution in [0.25, 0.3) is 0 Å². The Morgan fingerprint density at radius 1 is 1.50 bits per heavy atom. The maximum atomic E-state index is 12.1. The second-order valence-corrected chi connectivity index (χ2v) is 4.72. The predicted octanol–water partition coefficient (Wildman–Crippen LogP) is 3.06. The van der Waals surface area contributed by atoms with Crippen LogP contribution in [0, 0.1) is 5.92 Å². The smallest absolute Gasteiger partial charge is 0.181 e. The molecule has 0 radical (unpaired) electrons. The fourth-order valence-electron chi connectivity index (χ4n) is 2.54. The van der Waals surface area contributed by atoms with Crippen molar-refractivity contribution in [1.82, 2.24) is 9.78 Å². The Morgan fingerprint density at radius 2 is 2.25 bits per heavy atom. The van der Waals surface area contributed by atoms with Crippen molar-refractivity contribution >= 4 is 5.78 Å². The first-order valence-electron chi connectivity index (χ1n) is 6.36. The van der Waals surface area contributed by atoms with Crippen molar-refractivity contribution in [2.45, 2.75) is 52.0 Å². The molecule has 1 fully saturated rings. The van der Waals surface area contributed by atoms with E-state index in [1.165, 1.54) is 25.7 Å². The van der Waals surface area contributed by atoms with Gasteiger partial charge in [0.25, 0.3) is 0 Å². The Balaban J connectivity index is 1.99. The average molecular weight is 220 g/mol. The maximum Gasteiger partial charge on any atom is 0.181 e. The third kappa shape index (κ3) is 2.52. The van der Waals surface area contributed by atoms with Gasteiger partial charge in [-0.15, -0.1) is 0 Å². The number of carbonyl (C=O) groups is 1. The lowest BCUT2D eigenvalue weighted by Gasteiger charge is -2.09. The van der Waals surface area contributed by atoms with E-state index in [1.807, 2.05) is 10.7 Å². The molecule has 1 aromatic heterocycles. The normalized spacial score (nSPS) is 16.8. The molecule has 0 atom stereocenters. The zero-order valence-electron chi connectivity index (χ0n) is 9.98. The number of aryl methyl sites for hydroxylation is 1. The maximum absolute atomic E-state index is 12.1. The van der Waals surface area contributed by atoms with Crippen LogP contribution in [0.1, 0.15) is 55.9 Å². The summed E-state index contributed by atoms with van der Waals surface area (Å²) in [7, 11) is 0. The summed E-state index contributed by atoms with van der Waals surface area (Å²) < 4.78 is 1.84. The summed E-state index contributed by atoms with van der Waals surface area (Å²) in [6.07, 6.45) is 8.53. The Morgan fingerprint density at radius 3 is 2.94 bits per heavy atom. The summed E-state index contributed by atoms with van der Waals surface area (Å²) >= 11 is 0. The van der Waals surface area contributed by atoms with Crippen molar-refractivity contribution in [1.29, 1.82) is 0 Å². The Labute approximate surface area is 96.8 Å². The van der Waals surface area contributed by atoms with E-state index in [9.17, 15) is 4.79 Å². The van der Waals surface area contributed by atoms with E-state index in [4.69, 9.17) is 0 Å². The van der Waals surface area contributed by atoms with E-state index < -0.39 is 0 Å². The van der Waals surface area contributed by atoms with Crippen molar-refractivity contribution < 1.29 is 4.79 Å². The standard InChI is InChI=1S/C13H20N2O/c1-2-9-15-12(7-8-14-15)13(16)10-11-5-3-4-6-11/h7-8,11H,2-6,9-10H2,1H3. The number of carbonyl (C=O) groups excluding carboxylic acids is 1. The van der Waals surface area contributed by atoms with E-state index in [0.717, 1.165) is 25.1 Å². The van der Waals surface area contributed by atoms with E-state index in [-0.39, 0.29) is 5.78 Å². The molecule has 0 unspecified atom stereocenters. The minimum atomic E-state index is 0.276. The Hall–Kier alpha value is -1.12. The number of ketones is 1. The minimum absolute atomic E-state index is 0.276. The molecule has 1 aromatic rings. The molecule has 1 heterocycles. The number of hydrogen-bond donors (Lipinski definition) is 0. The first-order chi connectivity index (χ1) is 7.81. The topological polar surface area (TPSA) is 34.9 Å². The van der Waals surface area contributed by atoms with Crippen molar-refractivity contribution in [3.63, 3.8) is 0 Å². The molecule has 0 amide bonds. The SMILES string of the molecule is CCCn1nccc1C(=O)CC1CCCC1. The first kappa shape index (κ1) is 11.4. The molecule has 16 heavy (non-hydrogen) atoms. The van der Waals surface area contributed by atoms with Gasteiger partial charge in [-0.05, 0) is 18.4 Å². The largest absolute Gasteiger partial charge is 0.292 e. The Kier molecular flexibility index (Phi) is 3.75. The van der Waals surface area contributed by atoms with Crippen molar-refractivity contribution in [2.75, 3.05) is 0 Å². The van der Waals surface area contributed by atoms with Gasteiger partial charge >= 0.3 is 0 Å². The zero-order valence-corrected chi connectivity index (χ0v) is 9.98. The average Bonchev–Trinajstić information content (AvgIpc) is 2.89. The second-order valence-electron chi connectivity index (χ2n) is 4.72. The highest BCUT2D eigenvalue weighted by Gasteiger charge is 2.20. The molecule has 1 saturated carbocycles. The van der Waals surface area contributed by atoms with Crippen molar-refractivity contribution in [3.8, 4) is 0 Å². The molecule has 0 aromatic carbocycles. The third-order valence-electron chi connectivity index (χ3n) is 3.39. The highest BCUT2D eigenvalue weighted by Crippen LogP contribution is 2.28. The highest BCUT2D eigenvalue weighted by molar-refractivity contribution is 5.94. The summed E-state index contributed by atoms with van der Waals surface area (Å²) in [5, 5.41) is 4.20. The summed E-state index contributed by atoms with van der Waals surface area (Å²) in [4.78, 5) is 12.1. The molecule has 0 N–H and O–H groups in total. The van der Waals surface area contributed by atoms with E-state index in [0.29, 0.717) is 5.92 Å². The molecule has 1 aliphatic rings. The van der Waals surface area contributed by atoms with Gasteiger partial charge in [0.05, 0.1) is 0 Å². The van der Waals surface area contributed by atoms with Gasteiger partial charge in [-0.2, -0.15) is 5.10 Å². The lowest BCUT2D eigenvalue weighted by atomic mass is 9.99. The summed E-state index contributed by atoms with van der Waals surface area (Å²) in [5.74, 6) is 0.898. The number of hydrogen-bond acceptors (Lipinski definition) is 2. The van der Waals surface area contributed by atoms with Gasteiger partial charge in [-0.25, -0.2) is 0 Å². The van der Waals surface area contributed by atoms with Crippen LogP contribution in [0.2, 0.25) is 0 Å². The van der Waals surface area contributed by atoms with E-state index in [1.54, 1.807) is 6.20 Å². The summed E-state index contributed by atoms with van der Waals surface area (Å²) in [6.45, 7) is 2.95. The third-order valence-corrected chi connectivity index (χ3v) is 3.39. The number of nitrogens with zero attached hydrogens (tertiary/aromatic N) is 2. The van der Waals surface area contributed by atoms with E-state index in [2.05, 4.69) is 12.0 Å².